The van der Waals surface area contributed by atoms with Crippen LogP contribution in [0.4, 0.5) is 0 Å². The van der Waals surface area contributed by atoms with Gasteiger partial charge in [-0.3, -0.25) is 4.79 Å². The number of nitrogens with one attached hydrogen (secondary N) is 1. The Bertz CT molecular complexity index is 137. The highest BCUT2D eigenvalue weighted by Crippen LogP contribution is 1.88. The number of carbonyl (C=O) groups is 1. The average Bonchev–Trinajstić information content (AvgIpc) is 1.89. The van der Waals surface area contributed by atoms with Gasteiger partial charge in [-0.2, -0.15) is 5.26 Å². The van der Waals surface area contributed by atoms with Gasteiger partial charge in [-0.15, -0.1) is 0 Å². The van der Waals surface area contributed by atoms with Crippen molar-refractivity contribution in [1.82, 2.24) is 5.32 Å². The van der Waals surface area contributed by atoms with Crippen LogP contribution in [0.15, 0.2) is 0 Å². The van der Waals surface area contributed by atoms with Gasteiger partial charge in [0.15, 0.2) is 0 Å². The molecule has 0 aromatic heterocycles. The zero-order valence-corrected chi connectivity index (χ0v) is 6.05. The minimum absolute atomic E-state index is 0.0553. The van der Waals surface area contributed by atoms with E-state index in [2.05, 4.69) is 5.32 Å². The Morgan fingerprint density at radius 1 is 1.80 bits per heavy atom. The van der Waals surface area contributed by atoms with Crippen molar-refractivity contribution >= 4 is 5.91 Å². The van der Waals surface area contributed by atoms with Gasteiger partial charge >= 0.3 is 0 Å². The molecule has 0 fully saturated rings. The van der Waals surface area contributed by atoms with Crippen molar-refractivity contribution in [3.63, 3.8) is 0 Å². The van der Waals surface area contributed by atoms with Crippen molar-refractivity contribution in [3.05, 3.63) is 6.54 Å². The van der Waals surface area contributed by atoms with E-state index in [1.807, 2.05) is 6.92 Å². The summed E-state index contributed by atoms with van der Waals surface area (Å²) in [5, 5.41) is 10.6. The van der Waals surface area contributed by atoms with Gasteiger partial charge in [0.1, 0.15) is 6.42 Å². The quantitative estimate of drug-likeness (QED) is 0.590. The highest BCUT2D eigenvalue weighted by molar-refractivity contribution is 5.78. The Morgan fingerprint density at radius 2 is 2.50 bits per heavy atom. The van der Waals surface area contributed by atoms with Gasteiger partial charge in [-0.1, -0.05) is 13.3 Å². The highest BCUT2D eigenvalue weighted by Gasteiger charge is 1.96. The third-order valence-electron chi connectivity index (χ3n) is 0.936. The lowest BCUT2D eigenvalue weighted by atomic mass is 10.3. The molecule has 1 N–H and O–H groups in total. The molecular weight excluding hydrogens is 128 g/mol. The summed E-state index contributed by atoms with van der Waals surface area (Å²) in [6.45, 7) is 3.70. The van der Waals surface area contributed by atoms with E-state index in [1.165, 1.54) is 0 Å². The molecule has 0 saturated carbocycles. The summed E-state index contributed by atoms with van der Waals surface area (Å²) in [7, 11) is 0. The molecular formula is C7H11N2O. The van der Waals surface area contributed by atoms with E-state index in [1.54, 1.807) is 12.6 Å². The first-order valence-corrected chi connectivity index (χ1v) is 3.29. The SMILES string of the molecule is CCC[CH]NC(=O)CC#N. The molecule has 10 heavy (non-hydrogen) atoms. The molecule has 0 atom stereocenters. The van der Waals surface area contributed by atoms with Crippen LogP contribution in [0.25, 0.3) is 0 Å². The number of hydrogen-bond acceptors (Lipinski definition) is 2. The Labute approximate surface area is 61.0 Å². The van der Waals surface area contributed by atoms with Crippen molar-refractivity contribution in [2.45, 2.75) is 26.2 Å². The smallest absolute Gasteiger partial charge is 0.234 e. The molecule has 1 amide bonds. The molecule has 0 saturated heterocycles. The number of nitrogens with zero attached hydrogens (tertiary/aromatic N) is 1. The average molecular weight is 139 g/mol. The van der Waals surface area contributed by atoms with Crippen LogP contribution < -0.4 is 5.32 Å². The Morgan fingerprint density at radius 3 is 3.00 bits per heavy atom. The Kier molecular flexibility index (Phi) is 5.45. The lowest BCUT2D eigenvalue weighted by Crippen LogP contribution is -2.19. The van der Waals surface area contributed by atoms with E-state index in [4.69, 9.17) is 5.26 Å². The standard InChI is InChI=1S/C7H11N2O/c1-2-3-6-9-7(10)4-5-8/h6H,2-4H2,1H3,(H,9,10). The molecule has 3 nitrogen and oxygen atoms in total. The van der Waals surface area contributed by atoms with Crippen molar-refractivity contribution < 1.29 is 4.79 Å². The van der Waals surface area contributed by atoms with E-state index < -0.39 is 0 Å². The molecule has 0 unspecified atom stereocenters. The molecule has 0 spiro atoms. The summed E-state index contributed by atoms with van der Waals surface area (Å²) in [5.74, 6) is -0.226. The Balaban J connectivity index is 3.15. The lowest BCUT2D eigenvalue weighted by molar-refractivity contribution is -0.119. The van der Waals surface area contributed by atoms with Crippen molar-refractivity contribution in [1.29, 1.82) is 5.26 Å². The third kappa shape index (κ3) is 5.10. The summed E-state index contributed by atoms with van der Waals surface area (Å²) in [5.41, 5.74) is 0. The molecule has 0 aliphatic heterocycles. The summed E-state index contributed by atoms with van der Waals surface area (Å²) in [6.07, 6.45) is 1.81. The zero-order valence-electron chi connectivity index (χ0n) is 6.05. The van der Waals surface area contributed by atoms with Crippen molar-refractivity contribution in [2.24, 2.45) is 0 Å². The number of nitriles is 1. The molecule has 0 aromatic rings. The lowest BCUT2D eigenvalue weighted by Gasteiger charge is -1.97. The van der Waals surface area contributed by atoms with E-state index in [0.29, 0.717) is 0 Å². The van der Waals surface area contributed by atoms with Crippen LogP contribution in [0, 0.1) is 17.9 Å². The summed E-state index contributed by atoms with van der Waals surface area (Å²) < 4.78 is 0. The second kappa shape index (κ2) is 6.09. The maximum Gasteiger partial charge on any atom is 0.234 e. The van der Waals surface area contributed by atoms with Crippen LogP contribution in [-0.2, 0) is 4.79 Å². The second-order valence-corrected chi connectivity index (χ2v) is 1.90. The Hall–Kier alpha value is -1.04. The molecule has 0 aliphatic rings. The molecule has 3 heteroatoms. The van der Waals surface area contributed by atoms with E-state index in [-0.39, 0.29) is 12.3 Å². The van der Waals surface area contributed by atoms with Gasteiger partial charge in [0.05, 0.1) is 6.07 Å². The first-order valence-electron chi connectivity index (χ1n) is 3.29. The van der Waals surface area contributed by atoms with Gasteiger partial charge in [0.2, 0.25) is 5.91 Å². The zero-order chi connectivity index (χ0) is 7.82. The van der Waals surface area contributed by atoms with Gasteiger partial charge in [0.25, 0.3) is 0 Å². The van der Waals surface area contributed by atoms with Crippen LogP contribution in [0.5, 0.6) is 0 Å². The highest BCUT2D eigenvalue weighted by atomic mass is 16.1. The molecule has 1 radical (unpaired) electrons. The van der Waals surface area contributed by atoms with Gasteiger partial charge in [-0.25, -0.2) is 0 Å². The predicted molar refractivity (Wildman–Crippen MR) is 37.6 cm³/mol. The molecule has 0 heterocycles. The number of amides is 1. The van der Waals surface area contributed by atoms with Crippen LogP contribution in [-0.4, -0.2) is 5.91 Å². The van der Waals surface area contributed by atoms with E-state index >= 15 is 0 Å². The van der Waals surface area contributed by atoms with Crippen molar-refractivity contribution in [2.75, 3.05) is 0 Å². The van der Waals surface area contributed by atoms with E-state index in [9.17, 15) is 4.79 Å². The fourth-order valence-corrected chi connectivity index (χ4v) is 0.453. The van der Waals surface area contributed by atoms with Crippen LogP contribution in [0.3, 0.4) is 0 Å². The minimum Gasteiger partial charge on any atom is -0.350 e. The van der Waals surface area contributed by atoms with Crippen molar-refractivity contribution in [3.8, 4) is 6.07 Å². The number of unbranched alkanes of at least 4 members (excludes halogenated alkanes) is 1. The maximum atomic E-state index is 10.6. The molecule has 55 valence electrons. The number of carbonyl (C=O) groups excluding carboxylic acids is 1. The van der Waals surface area contributed by atoms with Gasteiger partial charge < -0.3 is 5.32 Å². The first-order chi connectivity index (χ1) is 4.81. The van der Waals surface area contributed by atoms with Crippen LogP contribution in [0.2, 0.25) is 0 Å². The minimum atomic E-state index is -0.226. The summed E-state index contributed by atoms with van der Waals surface area (Å²) in [6, 6.07) is 1.76. The first kappa shape index (κ1) is 8.96. The van der Waals surface area contributed by atoms with E-state index in [0.717, 1.165) is 12.8 Å². The fourth-order valence-electron chi connectivity index (χ4n) is 0.453. The second-order valence-electron chi connectivity index (χ2n) is 1.90. The maximum absolute atomic E-state index is 10.6. The summed E-state index contributed by atoms with van der Waals surface area (Å²) in [4.78, 5) is 10.6. The molecule has 0 rings (SSSR count). The summed E-state index contributed by atoms with van der Waals surface area (Å²) >= 11 is 0. The largest absolute Gasteiger partial charge is 0.350 e. The fraction of sp³-hybridized carbons (Fsp3) is 0.571. The van der Waals surface area contributed by atoms with Crippen LogP contribution >= 0.6 is 0 Å². The monoisotopic (exact) mass is 139 g/mol. The van der Waals surface area contributed by atoms with Crippen LogP contribution in [0.1, 0.15) is 26.2 Å². The normalized spacial score (nSPS) is 8.40. The molecule has 0 aromatic carbocycles. The number of rotatable bonds is 4. The molecule has 0 bridgehead atoms. The van der Waals surface area contributed by atoms with Gasteiger partial charge in [-0.05, 0) is 6.42 Å². The predicted octanol–water partition coefficient (Wildman–Crippen LogP) is 0.978. The molecule has 0 aliphatic carbocycles. The topological polar surface area (TPSA) is 52.9 Å². The van der Waals surface area contributed by atoms with Gasteiger partial charge in [0, 0.05) is 6.54 Å². The third-order valence-corrected chi connectivity index (χ3v) is 0.936. The number of hydrogen-bond donors (Lipinski definition) is 1.